The summed E-state index contributed by atoms with van der Waals surface area (Å²) in [6.07, 6.45) is 0.825. The number of hydrogen-bond donors (Lipinski definition) is 3. The zero-order chi connectivity index (χ0) is 28.8. The number of carboxylic acid groups (broad SMARTS) is 1. The van der Waals surface area contributed by atoms with Gasteiger partial charge in [-0.3, -0.25) is 34.4 Å². The Bertz CT molecular complexity index is 1450. The van der Waals surface area contributed by atoms with Crippen LogP contribution in [0.25, 0.3) is 0 Å². The van der Waals surface area contributed by atoms with Gasteiger partial charge >= 0.3 is 12.0 Å². The second-order valence-corrected chi connectivity index (χ2v) is 9.11. The van der Waals surface area contributed by atoms with Crippen LogP contribution in [0.3, 0.4) is 0 Å². The Labute approximate surface area is 228 Å². The van der Waals surface area contributed by atoms with Crippen molar-refractivity contribution < 1.29 is 29.2 Å². The van der Waals surface area contributed by atoms with Crippen LogP contribution in [0.1, 0.15) is 33.9 Å². The SMILES string of the molecule is Cc1cccc(NC(=O)N2CCN(C(=O)c3ccncc3)C2C(=O)NC(CC(=O)O)c2cccc([N+](=O)[O-])c2)c1. The molecule has 0 aliphatic carbocycles. The van der Waals surface area contributed by atoms with Crippen molar-refractivity contribution >= 4 is 35.2 Å². The average Bonchev–Trinajstić information content (AvgIpc) is 3.38. The van der Waals surface area contributed by atoms with Crippen molar-refractivity contribution in [1.29, 1.82) is 0 Å². The number of nitro groups is 1. The summed E-state index contributed by atoms with van der Waals surface area (Å²) in [5, 5.41) is 26.1. The van der Waals surface area contributed by atoms with Crippen molar-refractivity contribution in [2.24, 2.45) is 0 Å². The van der Waals surface area contributed by atoms with Gasteiger partial charge in [0.15, 0.2) is 6.17 Å². The third-order valence-electron chi connectivity index (χ3n) is 6.30. The largest absolute Gasteiger partial charge is 0.481 e. The van der Waals surface area contributed by atoms with Crippen LogP contribution in [0.5, 0.6) is 0 Å². The summed E-state index contributed by atoms with van der Waals surface area (Å²) in [4.78, 5) is 69.0. The molecule has 4 rings (SSSR count). The molecule has 3 N–H and O–H groups in total. The highest BCUT2D eigenvalue weighted by Gasteiger charge is 2.43. The highest BCUT2D eigenvalue weighted by molar-refractivity contribution is 6.00. The number of nitrogens with zero attached hydrogens (tertiary/aromatic N) is 4. The molecule has 206 valence electrons. The molecule has 0 radical (unpaired) electrons. The van der Waals surface area contributed by atoms with Gasteiger partial charge in [-0.05, 0) is 42.3 Å². The minimum Gasteiger partial charge on any atom is -0.481 e. The summed E-state index contributed by atoms with van der Waals surface area (Å²) in [5.41, 5.74) is 1.54. The van der Waals surface area contributed by atoms with Gasteiger partial charge in [-0.1, -0.05) is 24.3 Å². The number of nitrogens with one attached hydrogen (secondary N) is 2. The van der Waals surface area contributed by atoms with Crippen molar-refractivity contribution in [3.8, 4) is 0 Å². The van der Waals surface area contributed by atoms with Gasteiger partial charge in [-0.15, -0.1) is 0 Å². The van der Waals surface area contributed by atoms with Crippen molar-refractivity contribution in [3.05, 3.63) is 99.9 Å². The van der Waals surface area contributed by atoms with Crippen LogP contribution >= 0.6 is 0 Å². The van der Waals surface area contributed by atoms with E-state index in [9.17, 15) is 34.4 Å². The van der Waals surface area contributed by atoms with Gasteiger partial charge in [0.1, 0.15) is 0 Å². The lowest BCUT2D eigenvalue weighted by Crippen LogP contribution is -2.55. The van der Waals surface area contributed by atoms with Crippen LogP contribution in [0.15, 0.2) is 73.1 Å². The Morgan fingerprint density at radius 3 is 2.42 bits per heavy atom. The van der Waals surface area contributed by atoms with Gasteiger partial charge in [-0.2, -0.15) is 0 Å². The summed E-state index contributed by atoms with van der Waals surface area (Å²) < 4.78 is 0. The predicted molar refractivity (Wildman–Crippen MR) is 142 cm³/mol. The van der Waals surface area contributed by atoms with E-state index in [0.29, 0.717) is 5.69 Å². The van der Waals surface area contributed by atoms with Gasteiger partial charge in [0.2, 0.25) is 0 Å². The molecule has 3 aromatic rings. The molecule has 13 heteroatoms. The van der Waals surface area contributed by atoms with E-state index in [-0.39, 0.29) is 29.9 Å². The Morgan fingerprint density at radius 2 is 1.75 bits per heavy atom. The Balaban J connectivity index is 1.66. The van der Waals surface area contributed by atoms with Gasteiger partial charge in [0.05, 0.1) is 17.4 Å². The molecule has 1 fully saturated rings. The number of pyridine rings is 1. The molecule has 2 aromatic carbocycles. The van der Waals surface area contributed by atoms with E-state index in [2.05, 4.69) is 15.6 Å². The number of aromatic nitrogens is 1. The normalized spacial score (nSPS) is 15.3. The number of carbonyl (C=O) groups excluding carboxylic acids is 3. The monoisotopic (exact) mass is 546 g/mol. The van der Waals surface area contributed by atoms with E-state index in [4.69, 9.17) is 0 Å². The van der Waals surface area contributed by atoms with E-state index >= 15 is 0 Å². The van der Waals surface area contributed by atoms with Crippen molar-refractivity contribution in [3.63, 3.8) is 0 Å². The lowest BCUT2D eigenvalue weighted by molar-refractivity contribution is -0.384. The Kier molecular flexibility index (Phi) is 8.33. The molecule has 0 spiro atoms. The van der Waals surface area contributed by atoms with Gasteiger partial charge in [0, 0.05) is 48.9 Å². The predicted octanol–water partition coefficient (Wildman–Crippen LogP) is 2.95. The van der Waals surface area contributed by atoms with Crippen molar-refractivity contribution in [1.82, 2.24) is 20.1 Å². The van der Waals surface area contributed by atoms with Gasteiger partial charge < -0.3 is 20.6 Å². The van der Waals surface area contributed by atoms with Crippen LogP contribution in [0, 0.1) is 17.0 Å². The van der Waals surface area contributed by atoms with Crippen molar-refractivity contribution in [2.45, 2.75) is 25.6 Å². The molecular weight excluding hydrogens is 520 g/mol. The lowest BCUT2D eigenvalue weighted by Gasteiger charge is -2.31. The summed E-state index contributed by atoms with van der Waals surface area (Å²) in [6.45, 7) is 1.90. The number of aliphatic carboxylic acids is 1. The number of hydrogen-bond acceptors (Lipinski definition) is 7. The molecule has 1 aromatic heterocycles. The molecule has 0 saturated carbocycles. The molecule has 1 aliphatic heterocycles. The maximum atomic E-state index is 13.7. The fourth-order valence-corrected chi connectivity index (χ4v) is 4.44. The lowest BCUT2D eigenvalue weighted by atomic mass is 10.0. The first kappa shape index (κ1) is 27.7. The highest BCUT2D eigenvalue weighted by atomic mass is 16.6. The summed E-state index contributed by atoms with van der Waals surface area (Å²) in [5.74, 6) is -2.61. The number of urea groups is 1. The maximum Gasteiger partial charge on any atom is 0.323 e. The number of amides is 4. The summed E-state index contributed by atoms with van der Waals surface area (Å²) in [7, 11) is 0. The molecule has 1 aliphatic rings. The first-order valence-corrected chi connectivity index (χ1v) is 12.3. The van der Waals surface area contributed by atoms with Crippen LogP contribution in [0.4, 0.5) is 16.2 Å². The summed E-state index contributed by atoms with van der Waals surface area (Å²) >= 11 is 0. The molecule has 0 bridgehead atoms. The first-order chi connectivity index (χ1) is 19.1. The van der Waals surface area contributed by atoms with Gasteiger partial charge in [-0.25, -0.2) is 4.79 Å². The number of nitro benzene ring substituents is 1. The van der Waals surface area contributed by atoms with Crippen LogP contribution < -0.4 is 10.6 Å². The van der Waals surface area contributed by atoms with E-state index in [1.54, 1.807) is 18.2 Å². The number of rotatable bonds is 8. The number of benzene rings is 2. The second-order valence-electron chi connectivity index (χ2n) is 9.11. The zero-order valence-electron chi connectivity index (χ0n) is 21.4. The fourth-order valence-electron chi connectivity index (χ4n) is 4.44. The third-order valence-corrected chi connectivity index (χ3v) is 6.30. The third kappa shape index (κ3) is 6.38. The molecule has 2 atom stereocenters. The Hall–Kier alpha value is -5.33. The minimum absolute atomic E-state index is 0.0208. The van der Waals surface area contributed by atoms with Crippen LogP contribution in [-0.4, -0.2) is 67.9 Å². The molecule has 40 heavy (non-hydrogen) atoms. The van der Waals surface area contributed by atoms with E-state index in [0.717, 1.165) is 5.56 Å². The minimum atomic E-state index is -1.43. The smallest absolute Gasteiger partial charge is 0.323 e. The van der Waals surface area contributed by atoms with Gasteiger partial charge in [0.25, 0.3) is 17.5 Å². The number of aryl methyl sites for hydroxylation is 1. The maximum absolute atomic E-state index is 13.7. The summed E-state index contributed by atoms with van der Waals surface area (Å²) in [6, 6.07) is 13.4. The quantitative estimate of drug-likeness (QED) is 0.285. The molecule has 13 nitrogen and oxygen atoms in total. The highest BCUT2D eigenvalue weighted by Crippen LogP contribution is 2.25. The van der Waals surface area contributed by atoms with E-state index < -0.39 is 47.4 Å². The topological polar surface area (TPSA) is 175 Å². The molecule has 1 saturated heterocycles. The number of carboxylic acids is 1. The average molecular weight is 547 g/mol. The second kappa shape index (κ2) is 12.0. The molecule has 4 amide bonds. The number of non-ortho nitro benzene ring substituents is 1. The molecule has 2 unspecified atom stereocenters. The fraction of sp³-hybridized carbons (Fsp3) is 0.222. The molecular formula is C27H26N6O7. The van der Waals surface area contributed by atoms with Crippen LogP contribution in [0.2, 0.25) is 0 Å². The van der Waals surface area contributed by atoms with E-state index in [1.165, 1.54) is 58.6 Å². The molecule has 2 heterocycles. The Morgan fingerprint density at radius 1 is 1.05 bits per heavy atom. The van der Waals surface area contributed by atoms with Crippen molar-refractivity contribution in [2.75, 3.05) is 18.4 Å². The van der Waals surface area contributed by atoms with Crippen LogP contribution in [-0.2, 0) is 9.59 Å². The first-order valence-electron chi connectivity index (χ1n) is 12.3. The standard InChI is InChI=1S/C27H26N6O7/c1-17-4-2-6-20(14-17)29-27(38)32-13-12-31(26(37)18-8-10-28-11-9-18)25(32)24(36)30-22(16-23(34)35)19-5-3-7-21(15-19)33(39)40/h2-11,14-15,22,25H,12-13,16H2,1H3,(H,29,38)(H,30,36)(H,34,35). The van der Waals surface area contributed by atoms with E-state index in [1.807, 2.05) is 13.0 Å². The number of carbonyl (C=O) groups is 4. The number of anilines is 1. The zero-order valence-corrected chi connectivity index (χ0v) is 21.4.